The second kappa shape index (κ2) is 14.0. The molecule has 0 aliphatic heterocycles. The van der Waals surface area contributed by atoms with Gasteiger partial charge in [-0.05, 0) is 36.9 Å². The summed E-state index contributed by atoms with van der Waals surface area (Å²) in [7, 11) is 0. The number of unbranched alkanes of at least 4 members (excludes halogenated alkanes) is 1. The van der Waals surface area contributed by atoms with E-state index in [1.54, 1.807) is 4.90 Å². The van der Waals surface area contributed by atoms with Crippen LogP contribution in [-0.2, 0) is 22.7 Å². The van der Waals surface area contributed by atoms with Gasteiger partial charge in [0.2, 0.25) is 0 Å². The fourth-order valence-corrected chi connectivity index (χ4v) is 2.78. The van der Waals surface area contributed by atoms with Crippen molar-refractivity contribution in [1.29, 1.82) is 0 Å². The Bertz CT molecular complexity index is 741. The molecule has 0 aliphatic rings. The molecule has 162 valence electrons. The molecule has 0 aliphatic carbocycles. The van der Waals surface area contributed by atoms with E-state index < -0.39 is 6.09 Å². The minimum absolute atomic E-state index is 0.243. The van der Waals surface area contributed by atoms with E-state index in [4.69, 9.17) is 15.2 Å². The second-order valence-electron chi connectivity index (χ2n) is 6.87. The van der Waals surface area contributed by atoms with Crippen molar-refractivity contribution in [1.82, 2.24) is 10.2 Å². The lowest BCUT2D eigenvalue weighted by atomic mass is 10.2. The van der Waals surface area contributed by atoms with Gasteiger partial charge in [0.25, 0.3) is 0 Å². The molecule has 7 heteroatoms. The maximum Gasteiger partial charge on any atom is 0.410 e. The summed E-state index contributed by atoms with van der Waals surface area (Å²) in [6.07, 6.45) is 1.39. The molecule has 2 aromatic rings. The van der Waals surface area contributed by atoms with Gasteiger partial charge in [0.15, 0.2) is 0 Å². The summed E-state index contributed by atoms with van der Waals surface area (Å²) in [5.41, 5.74) is 7.47. The van der Waals surface area contributed by atoms with E-state index in [1.165, 1.54) is 0 Å². The summed E-state index contributed by atoms with van der Waals surface area (Å²) in [5.74, 6) is 0. The average molecular weight is 414 g/mol. The van der Waals surface area contributed by atoms with Gasteiger partial charge in [-0.3, -0.25) is 0 Å². The van der Waals surface area contributed by atoms with Crippen molar-refractivity contribution < 1.29 is 19.1 Å². The van der Waals surface area contributed by atoms with Crippen LogP contribution in [0.4, 0.5) is 9.59 Å². The second-order valence-corrected chi connectivity index (χ2v) is 6.87. The molecule has 0 atom stereocenters. The average Bonchev–Trinajstić information content (AvgIpc) is 2.79. The van der Waals surface area contributed by atoms with Crippen molar-refractivity contribution in [3.05, 3.63) is 71.8 Å². The summed E-state index contributed by atoms with van der Waals surface area (Å²) in [5, 5.41) is 2.73. The van der Waals surface area contributed by atoms with Gasteiger partial charge in [0, 0.05) is 19.6 Å². The van der Waals surface area contributed by atoms with Crippen LogP contribution in [-0.4, -0.2) is 43.3 Å². The van der Waals surface area contributed by atoms with Gasteiger partial charge in [0.05, 0.1) is 0 Å². The van der Waals surface area contributed by atoms with Gasteiger partial charge >= 0.3 is 12.2 Å². The van der Waals surface area contributed by atoms with Gasteiger partial charge in [-0.1, -0.05) is 60.7 Å². The van der Waals surface area contributed by atoms with Crippen LogP contribution in [0.5, 0.6) is 0 Å². The molecule has 3 N–H and O–H groups in total. The molecule has 30 heavy (non-hydrogen) atoms. The van der Waals surface area contributed by atoms with Crippen LogP contribution in [0.3, 0.4) is 0 Å². The van der Waals surface area contributed by atoms with Gasteiger partial charge in [-0.2, -0.15) is 0 Å². The van der Waals surface area contributed by atoms with E-state index in [2.05, 4.69) is 5.32 Å². The molecule has 0 fully saturated rings. The smallest absolute Gasteiger partial charge is 0.410 e. The zero-order valence-corrected chi connectivity index (χ0v) is 17.3. The van der Waals surface area contributed by atoms with E-state index in [9.17, 15) is 9.59 Å². The predicted octanol–water partition coefficient (Wildman–Crippen LogP) is 3.68. The highest BCUT2D eigenvalue weighted by Crippen LogP contribution is 2.06. The Labute approximate surface area is 178 Å². The Morgan fingerprint density at radius 2 is 1.37 bits per heavy atom. The predicted molar refractivity (Wildman–Crippen MR) is 116 cm³/mol. The molecule has 0 aromatic heterocycles. The highest BCUT2D eigenvalue weighted by atomic mass is 16.6. The number of alkyl carbamates (subject to hydrolysis) is 1. The third-order valence-electron chi connectivity index (χ3n) is 4.43. The molecule has 0 unspecified atom stereocenters. The number of nitrogens with two attached hydrogens (primary N) is 1. The molecule has 0 saturated heterocycles. The third kappa shape index (κ3) is 9.43. The first kappa shape index (κ1) is 23.2. The highest BCUT2D eigenvalue weighted by molar-refractivity contribution is 5.67. The molecule has 0 bridgehead atoms. The van der Waals surface area contributed by atoms with E-state index in [1.807, 2.05) is 60.7 Å². The molecule has 0 spiro atoms. The zero-order valence-electron chi connectivity index (χ0n) is 17.3. The summed E-state index contributed by atoms with van der Waals surface area (Å²) >= 11 is 0. The van der Waals surface area contributed by atoms with Crippen LogP contribution >= 0.6 is 0 Å². The number of nitrogens with one attached hydrogen (secondary N) is 1. The van der Waals surface area contributed by atoms with Crippen molar-refractivity contribution in [3.8, 4) is 0 Å². The normalized spacial score (nSPS) is 10.3. The summed E-state index contributed by atoms with van der Waals surface area (Å²) in [6.45, 7) is 2.58. The fraction of sp³-hybridized carbons (Fsp3) is 0.391. The van der Waals surface area contributed by atoms with Crippen LogP contribution in [0.15, 0.2) is 60.7 Å². The lowest BCUT2D eigenvalue weighted by Crippen LogP contribution is -2.35. The first-order chi connectivity index (χ1) is 14.7. The number of carbonyl (C=O) groups excluding carboxylic acids is 2. The van der Waals surface area contributed by atoms with Crippen LogP contribution in [0, 0.1) is 0 Å². The van der Waals surface area contributed by atoms with Gasteiger partial charge in [-0.15, -0.1) is 0 Å². The number of hydrogen-bond acceptors (Lipinski definition) is 5. The minimum atomic E-state index is -0.443. The molecule has 0 saturated carbocycles. The Hall–Kier alpha value is -3.06. The topological polar surface area (TPSA) is 93.9 Å². The number of rotatable bonds is 12. The summed E-state index contributed by atoms with van der Waals surface area (Å²) in [6, 6.07) is 19.1. The molecular formula is C23H31N3O4. The van der Waals surface area contributed by atoms with Crippen LogP contribution < -0.4 is 11.1 Å². The highest BCUT2D eigenvalue weighted by Gasteiger charge is 2.14. The van der Waals surface area contributed by atoms with Crippen LogP contribution in [0.2, 0.25) is 0 Å². The number of amides is 2. The summed E-state index contributed by atoms with van der Waals surface area (Å²) < 4.78 is 10.6. The Kier molecular flexibility index (Phi) is 10.8. The molecule has 7 nitrogen and oxygen atoms in total. The Morgan fingerprint density at radius 1 is 0.800 bits per heavy atom. The van der Waals surface area contributed by atoms with Gasteiger partial charge in [-0.25, -0.2) is 9.59 Å². The number of ether oxygens (including phenoxy) is 2. The first-order valence-electron chi connectivity index (χ1n) is 10.3. The largest absolute Gasteiger partial charge is 0.445 e. The fourth-order valence-electron chi connectivity index (χ4n) is 2.78. The molecular weight excluding hydrogens is 382 g/mol. The SMILES string of the molecule is NCCCN(CCCCNC(=O)OCc1ccccc1)C(=O)OCc1ccccc1. The number of hydrogen-bond donors (Lipinski definition) is 2. The van der Waals surface area contributed by atoms with E-state index in [-0.39, 0.29) is 19.3 Å². The van der Waals surface area contributed by atoms with Gasteiger partial charge in [0.1, 0.15) is 13.2 Å². The minimum Gasteiger partial charge on any atom is -0.445 e. The van der Waals surface area contributed by atoms with Crippen molar-refractivity contribution >= 4 is 12.2 Å². The van der Waals surface area contributed by atoms with E-state index in [0.29, 0.717) is 32.6 Å². The monoisotopic (exact) mass is 413 g/mol. The molecule has 0 radical (unpaired) electrons. The summed E-state index contributed by atoms with van der Waals surface area (Å²) in [4.78, 5) is 25.8. The molecule has 2 rings (SSSR count). The molecule has 2 amide bonds. The van der Waals surface area contributed by atoms with Crippen LogP contribution in [0.25, 0.3) is 0 Å². The Morgan fingerprint density at radius 3 is 1.97 bits per heavy atom. The number of carbonyl (C=O) groups is 2. The van der Waals surface area contributed by atoms with Crippen molar-refractivity contribution in [3.63, 3.8) is 0 Å². The number of benzene rings is 2. The maximum absolute atomic E-state index is 12.4. The van der Waals surface area contributed by atoms with Crippen molar-refractivity contribution in [2.24, 2.45) is 5.73 Å². The van der Waals surface area contributed by atoms with E-state index in [0.717, 1.165) is 24.0 Å². The third-order valence-corrected chi connectivity index (χ3v) is 4.43. The number of nitrogens with zero attached hydrogens (tertiary/aromatic N) is 1. The van der Waals surface area contributed by atoms with Crippen molar-refractivity contribution in [2.75, 3.05) is 26.2 Å². The first-order valence-corrected chi connectivity index (χ1v) is 10.3. The zero-order chi connectivity index (χ0) is 21.4. The van der Waals surface area contributed by atoms with Crippen molar-refractivity contribution in [2.45, 2.75) is 32.5 Å². The Balaban J connectivity index is 1.63. The lowest BCUT2D eigenvalue weighted by Gasteiger charge is -2.22. The molecule has 2 aromatic carbocycles. The lowest BCUT2D eigenvalue weighted by molar-refractivity contribution is 0.0951. The molecule has 0 heterocycles. The van der Waals surface area contributed by atoms with E-state index >= 15 is 0 Å². The standard InChI is InChI=1S/C23H31N3O4/c24-14-9-17-26(23(28)30-19-21-12-5-2-6-13-21)16-8-7-15-25-22(27)29-18-20-10-3-1-4-11-20/h1-6,10-13H,7-9,14-19,24H2,(H,25,27). The van der Waals surface area contributed by atoms with Gasteiger partial charge < -0.3 is 25.4 Å². The quantitative estimate of drug-likeness (QED) is 0.518. The maximum atomic E-state index is 12.4. The van der Waals surface area contributed by atoms with Crippen LogP contribution in [0.1, 0.15) is 30.4 Å².